The molecule has 6 nitrogen and oxygen atoms in total. The molecule has 0 bridgehead atoms. The largest absolute Gasteiger partial charge is 0.312 e. The number of carbonyl (C=O) groups is 2. The van der Waals surface area contributed by atoms with Gasteiger partial charge in [-0.25, -0.2) is 4.98 Å². The van der Waals surface area contributed by atoms with Gasteiger partial charge in [0.05, 0.1) is 27.9 Å². The Morgan fingerprint density at radius 2 is 1.91 bits per heavy atom. The van der Waals surface area contributed by atoms with Crippen molar-refractivity contribution in [1.29, 1.82) is 0 Å². The fourth-order valence-corrected chi connectivity index (χ4v) is 5.13. The number of amides is 2. The van der Waals surface area contributed by atoms with E-state index in [1.54, 1.807) is 22.1 Å². The van der Waals surface area contributed by atoms with E-state index in [9.17, 15) is 9.59 Å². The molecule has 8 heteroatoms. The molecule has 1 fully saturated rings. The highest BCUT2D eigenvalue weighted by atomic mass is 35.5. The van der Waals surface area contributed by atoms with Gasteiger partial charge in [-0.3, -0.25) is 19.5 Å². The van der Waals surface area contributed by atoms with Crippen molar-refractivity contribution in [2.45, 2.75) is 13.0 Å². The summed E-state index contributed by atoms with van der Waals surface area (Å²) in [6.45, 7) is 0.610. The number of hydrogen-bond donors (Lipinski definition) is 0. The van der Waals surface area contributed by atoms with Crippen LogP contribution in [0.4, 0.5) is 10.8 Å². The number of fused-ring (bicyclic) bond motifs is 1. The van der Waals surface area contributed by atoms with E-state index in [0.29, 0.717) is 22.2 Å². The lowest BCUT2D eigenvalue weighted by Gasteiger charge is -2.23. The fourth-order valence-electron chi connectivity index (χ4n) is 3.86. The summed E-state index contributed by atoms with van der Waals surface area (Å²) in [5.74, 6) is -0.661. The van der Waals surface area contributed by atoms with Gasteiger partial charge in [-0.05, 0) is 36.4 Å². The normalized spacial score (nSPS) is 16.0. The summed E-state index contributed by atoms with van der Waals surface area (Å²) in [4.78, 5) is 38.7. The second-order valence-electron chi connectivity index (χ2n) is 7.57. The zero-order valence-electron chi connectivity index (χ0n) is 17.0. The van der Waals surface area contributed by atoms with Crippen molar-refractivity contribution in [3.63, 3.8) is 0 Å². The number of nitrogens with zero attached hydrogens (tertiary/aromatic N) is 4. The summed E-state index contributed by atoms with van der Waals surface area (Å²) in [6.07, 6.45) is 1.86. The van der Waals surface area contributed by atoms with Gasteiger partial charge in [-0.1, -0.05) is 53.3 Å². The Kier molecular flexibility index (Phi) is 5.59. The third kappa shape index (κ3) is 3.97. The van der Waals surface area contributed by atoms with Gasteiger partial charge in [-0.15, -0.1) is 0 Å². The third-order valence-electron chi connectivity index (χ3n) is 5.44. The number of rotatable bonds is 5. The second kappa shape index (κ2) is 8.68. The molecular weight excluding hydrogens is 444 g/mol. The van der Waals surface area contributed by atoms with E-state index in [-0.39, 0.29) is 24.8 Å². The summed E-state index contributed by atoms with van der Waals surface area (Å²) < 4.78 is 0.903. The molecule has 1 atom stereocenters. The highest BCUT2D eigenvalue weighted by Gasteiger charge is 2.38. The molecule has 2 aromatic carbocycles. The molecule has 0 N–H and O–H groups in total. The van der Waals surface area contributed by atoms with E-state index in [4.69, 9.17) is 11.6 Å². The first-order chi connectivity index (χ1) is 15.6. The molecule has 1 aliphatic rings. The standard InChI is InChI=1S/C24H19ClN4O2S/c25-19-10-6-11-20-22(19)27-24(32-20)29(15-17-7-4-5-12-26-17)23(31)16-13-21(30)28(14-16)18-8-2-1-3-9-18/h1-12,16H,13-15H2. The van der Waals surface area contributed by atoms with Crippen molar-refractivity contribution in [3.8, 4) is 0 Å². The van der Waals surface area contributed by atoms with Crippen molar-refractivity contribution in [2.24, 2.45) is 5.92 Å². The fraction of sp³-hybridized carbons (Fsp3) is 0.167. The quantitative estimate of drug-likeness (QED) is 0.421. The Labute approximate surface area is 194 Å². The van der Waals surface area contributed by atoms with Crippen molar-refractivity contribution < 1.29 is 9.59 Å². The molecule has 0 spiro atoms. The van der Waals surface area contributed by atoms with Crippen LogP contribution in [0.25, 0.3) is 10.2 Å². The highest BCUT2D eigenvalue weighted by Crippen LogP contribution is 2.35. The molecule has 32 heavy (non-hydrogen) atoms. The van der Waals surface area contributed by atoms with E-state index in [2.05, 4.69) is 9.97 Å². The van der Waals surface area contributed by atoms with E-state index in [1.165, 1.54) is 11.3 Å². The van der Waals surface area contributed by atoms with Gasteiger partial charge >= 0.3 is 0 Å². The summed E-state index contributed by atoms with van der Waals surface area (Å²) in [5, 5.41) is 1.09. The van der Waals surface area contributed by atoms with Crippen LogP contribution in [-0.4, -0.2) is 28.3 Å². The molecule has 160 valence electrons. The van der Waals surface area contributed by atoms with Gasteiger partial charge in [0.25, 0.3) is 0 Å². The molecule has 1 aliphatic heterocycles. The Hall–Kier alpha value is -3.29. The first kappa shape index (κ1) is 20.6. The minimum absolute atomic E-state index is 0.0559. The molecule has 4 aromatic rings. The zero-order chi connectivity index (χ0) is 22.1. The maximum absolute atomic E-state index is 13.7. The molecule has 2 aromatic heterocycles. The van der Waals surface area contributed by atoms with Crippen LogP contribution in [0.1, 0.15) is 12.1 Å². The van der Waals surface area contributed by atoms with E-state index >= 15 is 0 Å². The number of halogens is 1. The van der Waals surface area contributed by atoms with Crippen LogP contribution in [0.5, 0.6) is 0 Å². The Morgan fingerprint density at radius 3 is 2.66 bits per heavy atom. The smallest absolute Gasteiger partial charge is 0.234 e. The zero-order valence-corrected chi connectivity index (χ0v) is 18.6. The molecule has 0 aliphatic carbocycles. The van der Waals surface area contributed by atoms with Crippen LogP contribution >= 0.6 is 22.9 Å². The number of hydrogen-bond acceptors (Lipinski definition) is 5. The maximum atomic E-state index is 13.7. The van der Waals surface area contributed by atoms with Crippen LogP contribution < -0.4 is 9.80 Å². The molecule has 5 rings (SSSR count). The van der Waals surface area contributed by atoms with Crippen molar-refractivity contribution >= 4 is 55.8 Å². The Morgan fingerprint density at radius 1 is 1.09 bits per heavy atom. The highest BCUT2D eigenvalue weighted by molar-refractivity contribution is 7.22. The molecule has 0 radical (unpaired) electrons. The average molecular weight is 463 g/mol. The Bertz CT molecular complexity index is 1280. The molecule has 1 unspecified atom stereocenters. The lowest BCUT2D eigenvalue weighted by atomic mass is 10.1. The van der Waals surface area contributed by atoms with Gasteiger partial charge in [0.15, 0.2) is 5.13 Å². The van der Waals surface area contributed by atoms with Gasteiger partial charge in [-0.2, -0.15) is 0 Å². The number of aromatic nitrogens is 2. The van der Waals surface area contributed by atoms with Crippen LogP contribution in [0.3, 0.4) is 0 Å². The Balaban J connectivity index is 1.48. The lowest BCUT2D eigenvalue weighted by Crippen LogP contribution is -2.37. The summed E-state index contributed by atoms with van der Waals surface area (Å²) in [6, 6.07) is 20.6. The van der Waals surface area contributed by atoms with Gasteiger partial charge in [0, 0.05) is 24.8 Å². The lowest BCUT2D eigenvalue weighted by molar-refractivity contribution is -0.124. The van der Waals surface area contributed by atoms with Crippen molar-refractivity contribution in [1.82, 2.24) is 9.97 Å². The van der Waals surface area contributed by atoms with Crippen molar-refractivity contribution in [3.05, 3.63) is 83.6 Å². The monoisotopic (exact) mass is 462 g/mol. The van der Waals surface area contributed by atoms with Crippen LogP contribution in [-0.2, 0) is 16.1 Å². The predicted molar refractivity (Wildman–Crippen MR) is 127 cm³/mol. The van der Waals surface area contributed by atoms with E-state index < -0.39 is 5.92 Å². The number of thiazole rings is 1. The maximum Gasteiger partial charge on any atom is 0.234 e. The molecule has 2 amide bonds. The number of benzene rings is 2. The number of pyridine rings is 1. The van der Waals surface area contributed by atoms with Gasteiger partial charge in [0.2, 0.25) is 11.8 Å². The molecular formula is C24H19ClN4O2S. The van der Waals surface area contributed by atoms with Crippen LogP contribution in [0, 0.1) is 5.92 Å². The van der Waals surface area contributed by atoms with Gasteiger partial charge in [0.1, 0.15) is 5.52 Å². The van der Waals surface area contributed by atoms with Crippen LogP contribution in [0.2, 0.25) is 5.02 Å². The average Bonchev–Trinajstić information content (AvgIpc) is 3.43. The summed E-state index contributed by atoms with van der Waals surface area (Å²) >= 11 is 7.73. The third-order valence-corrected chi connectivity index (χ3v) is 6.79. The first-order valence-electron chi connectivity index (χ1n) is 10.2. The number of para-hydroxylation sites is 2. The minimum atomic E-state index is -0.464. The van der Waals surface area contributed by atoms with Crippen LogP contribution in [0.15, 0.2) is 72.9 Å². The first-order valence-corrected chi connectivity index (χ1v) is 11.4. The number of anilines is 2. The van der Waals surface area contributed by atoms with Crippen molar-refractivity contribution in [2.75, 3.05) is 16.3 Å². The number of carbonyl (C=O) groups excluding carboxylic acids is 2. The molecule has 3 heterocycles. The molecule has 0 saturated carbocycles. The predicted octanol–water partition coefficient (Wildman–Crippen LogP) is 4.93. The summed E-state index contributed by atoms with van der Waals surface area (Å²) in [7, 11) is 0. The molecule has 1 saturated heterocycles. The topological polar surface area (TPSA) is 66.4 Å². The minimum Gasteiger partial charge on any atom is -0.312 e. The second-order valence-corrected chi connectivity index (χ2v) is 8.99. The van der Waals surface area contributed by atoms with E-state index in [0.717, 1.165) is 16.1 Å². The van der Waals surface area contributed by atoms with E-state index in [1.807, 2.05) is 60.7 Å². The SMILES string of the molecule is O=C1CC(C(=O)N(Cc2ccccn2)c2nc3c(Cl)cccc3s2)CN1c1ccccc1. The summed E-state index contributed by atoms with van der Waals surface area (Å²) in [5.41, 5.74) is 2.22. The van der Waals surface area contributed by atoms with Gasteiger partial charge < -0.3 is 4.90 Å².